The number of anilines is 1. The fourth-order valence-corrected chi connectivity index (χ4v) is 2.36. The van der Waals surface area contributed by atoms with Crippen LogP contribution < -0.4 is 11.0 Å². The number of halogens is 1. The van der Waals surface area contributed by atoms with Crippen molar-refractivity contribution in [1.29, 1.82) is 0 Å². The highest BCUT2D eigenvalue weighted by Crippen LogP contribution is 2.30. The number of aliphatic hydroxyl groups is 2. The molecule has 1 saturated heterocycles. The minimum Gasteiger partial charge on any atom is -0.394 e. The zero-order valence-electron chi connectivity index (χ0n) is 12.7. The first-order valence-corrected chi connectivity index (χ1v) is 7.26. The Kier molecular flexibility index (Phi) is 4.79. The molecule has 1 aliphatic rings. The number of aliphatic hydroxyl groups excluding tert-OH is 2. The van der Waals surface area contributed by atoms with Crippen molar-refractivity contribution in [2.45, 2.75) is 24.6 Å². The number of aromatic nitrogens is 4. The van der Waals surface area contributed by atoms with Gasteiger partial charge in [-0.25, -0.2) is 19.2 Å². The lowest BCUT2D eigenvalue weighted by Crippen LogP contribution is -2.33. The van der Waals surface area contributed by atoms with E-state index in [9.17, 15) is 19.1 Å². The zero-order valence-corrected chi connectivity index (χ0v) is 12.7. The van der Waals surface area contributed by atoms with Crippen LogP contribution in [0.15, 0.2) is 35.6 Å². The van der Waals surface area contributed by atoms with Gasteiger partial charge in [-0.05, 0) is 12.1 Å². The summed E-state index contributed by atoms with van der Waals surface area (Å²) in [7, 11) is 0. The lowest BCUT2D eigenvalue weighted by atomic mass is 10.1. The predicted molar refractivity (Wildman–Crippen MR) is 80.4 cm³/mol. The van der Waals surface area contributed by atoms with E-state index in [-0.39, 0.29) is 11.5 Å². The van der Waals surface area contributed by atoms with Crippen molar-refractivity contribution < 1.29 is 24.1 Å². The number of hydrogen-bond donors (Lipinski definition) is 3. The molecule has 0 aliphatic carbocycles. The molecule has 25 heavy (non-hydrogen) atoms. The maximum Gasteiger partial charge on any atom is 0.351 e. The highest BCUT2D eigenvalue weighted by atomic mass is 19.1. The summed E-state index contributed by atoms with van der Waals surface area (Å²) < 4.78 is 20.0. The molecule has 1 fully saturated rings. The van der Waals surface area contributed by atoms with Gasteiger partial charge in [0, 0.05) is 12.4 Å². The summed E-state index contributed by atoms with van der Waals surface area (Å²) in [6.45, 7) is -0.590. The molecule has 3 rings (SSSR count). The molecule has 0 bridgehead atoms. The van der Waals surface area contributed by atoms with Gasteiger partial charge >= 0.3 is 5.69 Å². The largest absolute Gasteiger partial charge is 0.394 e. The third-order valence-electron chi connectivity index (χ3n) is 3.63. The number of nitrogens with one attached hydrogen (secondary N) is 1. The first kappa shape index (κ1) is 17.1. The van der Waals surface area contributed by atoms with E-state index in [0.717, 1.165) is 4.57 Å². The standard InChI is InChI=1S/C14H14FN5O5/c15-10-11(22)8(5-21)25-13(10)20-4-2-9(19-14(20)24)18-12(23)7-1-3-16-6-17-7/h1-4,6,8,10-11,13,21-22H,5H2,(H,18,19,23,24)/t8-,10-,11-,13-/m1/s1. The van der Waals surface area contributed by atoms with Gasteiger partial charge in [-0.2, -0.15) is 4.98 Å². The van der Waals surface area contributed by atoms with Gasteiger partial charge in [0.1, 0.15) is 30.0 Å². The maximum atomic E-state index is 14.1. The molecule has 0 unspecified atom stereocenters. The van der Waals surface area contributed by atoms with E-state index in [0.29, 0.717) is 0 Å². The summed E-state index contributed by atoms with van der Waals surface area (Å²) in [5.41, 5.74) is -0.809. The van der Waals surface area contributed by atoms with Gasteiger partial charge in [0.15, 0.2) is 12.4 Å². The summed E-state index contributed by atoms with van der Waals surface area (Å²) in [6, 6.07) is 2.66. The van der Waals surface area contributed by atoms with Gasteiger partial charge in [0.25, 0.3) is 5.91 Å². The van der Waals surface area contributed by atoms with Crippen molar-refractivity contribution in [3.8, 4) is 0 Å². The number of hydrogen-bond acceptors (Lipinski definition) is 8. The van der Waals surface area contributed by atoms with Crippen molar-refractivity contribution in [1.82, 2.24) is 19.5 Å². The molecule has 0 saturated carbocycles. The second-order valence-corrected chi connectivity index (χ2v) is 5.23. The van der Waals surface area contributed by atoms with E-state index < -0.39 is 42.8 Å². The third kappa shape index (κ3) is 3.38. The molecule has 11 heteroatoms. The summed E-state index contributed by atoms with van der Waals surface area (Å²) in [5.74, 6) is -0.652. The first-order valence-electron chi connectivity index (χ1n) is 7.26. The Balaban J connectivity index is 1.78. The summed E-state index contributed by atoms with van der Waals surface area (Å²) >= 11 is 0. The van der Waals surface area contributed by atoms with Crippen LogP contribution in [-0.2, 0) is 4.74 Å². The van der Waals surface area contributed by atoms with Crippen LogP contribution >= 0.6 is 0 Å². The molecule has 3 heterocycles. The Morgan fingerprint density at radius 1 is 1.44 bits per heavy atom. The Morgan fingerprint density at radius 2 is 2.24 bits per heavy atom. The van der Waals surface area contributed by atoms with Gasteiger partial charge in [0.2, 0.25) is 0 Å². The number of ether oxygens (including phenoxy) is 1. The molecule has 1 aliphatic heterocycles. The molecule has 2 aromatic rings. The molecule has 0 aromatic carbocycles. The van der Waals surface area contributed by atoms with Gasteiger partial charge in [-0.1, -0.05) is 0 Å². The van der Waals surface area contributed by atoms with E-state index in [1.54, 1.807) is 0 Å². The van der Waals surface area contributed by atoms with Gasteiger partial charge in [-0.3, -0.25) is 9.36 Å². The number of amides is 1. The highest BCUT2D eigenvalue weighted by Gasteiger charge is 2.45. The Hall–Kier alpha value is -2.76. The monoisotopic (exact) mass is 351 g/mol. The first-order chi connectivity index (χ1) is 12.0. The van der Waals surface area contributed by atoms with Crippen molar-refractivity contribution in [3.05, 3.63) is 47.0 Å². The summed E-state index contributed by atoms with van der Waals surface area (Å²) in [4.78, 5) is 35.1. The molecule has 4 atom stereocenters. The van der Waals surface area contributed by atoms with Crippen LogP contribution in [-0.4, -0.2) is 60.6 Å². The molecule has 10 nitrogen and oxygen atoms in total. The van der Waals surface area contributed by atoms with Crippen LogP contribution in [0.25, 0.3) is 0 Å². The number of nitrogens with zero attached hydrogens (tertiary/aromatic N) is 4. The summed E-state index contributed by atoms with van der Waals surface area (Å²) in [6.07, 6.45) is -2.26. The maximum absolute atomic E-state index is 14.1. The van der Waals surface area contributed by atoms with Crippen LogP contribution in [0.4, 0.5) is 10.2 Å². The molecular formula is C14H14FN5O5. The lowest BCUT2D eigenvalue weighted by Gasteiger charge is -2.16. The SMILES string of the molecule is O=C(Nc1ccn([C@@H]2O[C@H](CO)[C@@H](O)[C@H]2F)c(=O)n1)c1ccncn1. The minimum absolute atomic E-state index is 0.0578. The number of rotatable bonds is 4. The van der Waals surface area contributed by atoms with Gasteiger partial charge in [-0.15, -0.1) is 0 Å². The molecule has 2 aromatic heterocycles. The molecular weight excluding hydrogens is 337 g/mol. The second-order valence-electron chi connectivity index (χ2n) is 5.23. The van der Waals surface area contributed by atoms with Gasteiger partial charge in [0.05, 0.1) is 6.61 Å². The highest BCUT2D eigenvalue weighted by molar-refractivity contribution is 6.02. The summed E-state index contributed by atoms with van der Waals surface area (Å²) in [5, 5.41) is 21.0. The van der Waals surface area contributed by atoms with E-state index >= 15 is 0 Å². The van der Waals surface area contributed by atoms with Crippen LogP contribution in [0.1, 0.15) is 16.7 Å². The van der Waals surface area contributed by atoms with E-state index in [1.165, 1.54) is 30.9 Å². The van der Waals surface area contributed by atoms with Crippen LogP contribution in [0.5, 0.6) is 0 Å². The van der Waals surface area contributed by atoms with Gasteiger partial charge < -0.3 is 20.3 Å². The fraction of sp³-hybridized carbons (Fsp3) is 0.357. The second kappa shape index (κ2) is 7.01. The van der Waals surface area contributed by atoms with Crippen LogP contribution in [0, 0.1) is 0 Å². The van der Waals surface area contributed by atoms with Crippen molar-refractivity contribution in [2.24, 2.45) is 0 Å². The Morgan fingerprint density at radius 3 is 2.84 bits per heavy atom. The Bertz CT molecular complexity index is 817. The topological polar surface area (TPSA) is 139 Å². The number of carbonyl (C=O) groups excluding carboxylic acids is 1. The third-order valence-corrected chi connectivity index (χ3v) is 3.63. The quantitative estimate of drug-likeness (QED) is 0.629. The molecule has 3 N–H and O–H groups in total. The fourth-order valence-electron chi connectivity index (χ4n) is 2.36. The van der Waals surface area contributed by atoms with E-state index in [4.69, 9.17) is 9.84 Å². The van der Waals surface area contributed by atoms with E-state index in [1.807, 2.05) is 0 Å². The van der Waals surface area contributed by atoms with Crippen molar-refractivity contribution in [3.63, 3.8) is 0 Å². The average molecular weight is 351 g/mol. The zero-order chi connectivity index (χ0) is 18.0. The van der Waals surface area contributed by atoms with E-state index in [2.05, 4.69) is 20.3 Å². The molecule has 1 amide bonds. The van der Waals surface area contributed by atoms with Crippen LogP contribution in [0.3, 0.4) is 0 Å². The molecule has 0 spiro atoms. The average Bonchev–Trinajstić information content (AvgIpc) is 2.91. The molecule has 132 valence electrons. The molecule has 0 radical (unpaired) electrons. The smallest absolute Gasteiger partial charge is 0.351 e. The predicted octanol–water partition coefficient (Wildman–Crippen LogP) is -1.13. The van der Waals surface area contributed by atoms with Crippen molar-refractivity contribution >= 4 is 11.7 Å². The normalized spacial score (nSPS) is 25.7. The lowest BCUT2D eigenvalue weighted by molar-refractivity contribution is -0.0490. The van der Waals surface area contributed by atoms with Crippen molar-refractivity contribution in [2.75, 3.05) is 11.9 Å². The minimum atomic E-state index is -1.90. The van der Waals surface area contributed by atoms with Crippen LogP contribution in [0.2, 0.25) is 0 Å². The number of alkyl halides is 1. The Labute approximate surface area is 140 Å². The number of carbonyl (C=O) groups is 1.